The molecule has 2 aromatic carbocycles. The van der Waals surface area contributed by atoms with Gasteiger partial charge >= 0.3 is 0 Å². The fourth-order valence-corrected chi connectivity index (χ4v) is 3.85. The third kappa shape index (κ3) is 3.13. The van der Waals surface area contributed by atoms with Gasteiger partial charge in [0.25, 0.3) is 0 Å². The zero-order chi connectivity index (χ0) is 21.4. The van der Waals surface area contributed by atoms with E-state index in [9.17, 15) is 0 Å². The standard InChI is InChI=1S/C25H20N2O4/c1-28-22-12-15(13-23(29-2)25(22)30-3)21-14-20-24(31-21)18(9-11-27-20)16-8-10-26-19-7-5-4-6-17(16)19/h4-14H,1-3H3. The van der Waals surface area contributed by atoms with Gasteiger partial charge in [-0.2, -0.15) is 0 Å². The van der Waals surface area contributed by atoms with E-state index in [-0.39, 0.29) is 0 Å². The first-order chi connectivity index (χ1) is 15.2. The van der Waals surface area contributed by atoms with E-state index in [0.717, 1.165) is 33.1 Å². The molecule has 5 aromatic rings. The predicted octanol–water partition coefficient (Wildman–Crippen LogP) is 5.74. The summed E-state index contributed by atoms with van der Waals surface area (Å²) >= 11 is 0. The summed E-state index contributed by atoms with van der Waals surface area (Å²) in [6, 6.07) is 17.7. The number of hydrogen-bond acceptors (Lipinski definition) is 6. The summed E-state index contributed by atoms with van der Waals surface area (Å²) in [5.74, 6) is 2.32. The summed E-state index contributed by atoms with van der Waals surface area (Å²) in [7, 11) is 4.76. The first-order valence-corrected chi connectivity index (χ1v) is 9.76. The molecule has 3 aromatic heterocycles. The number of hydrogen-bond donors (Lipinski definition) is 0. The Hall–Kier alpha value is -4.06. The number of pyridine rings is 2. The van der Waals surface area contributed by atoms with Gasteiger partial charge in [0.1, 0.15) is 11.3 Å². The highest BCUT2D eigenvalue weighted by Crippen LogP contribution is 2.43. The molecule has 0 aliphatic heterocycles. The second-order valence-electron chi connectivity index (χ2n) is 6.97. The molecule has 0 amide bonds. The molecule has 0 spiro atoms. The Balaban J connectivity index is 1.71. The highest BCUT2D eigenvalue weighted by atomic mass is 16.5. The van der Waals surface area contributed by atoms with E-state index in [1.54, 1.807) is 27.5 Å². The number of methoxy groups -OCH3 is 3. The van der Waals surface area contributed by atoms with Crippen LogP contribution in [0.15, 0.2) is 71.4 Å². The maximum atomic E-state index is 6.33. The fraction of sp³-hybridized carbons (Fsp3) is 0.120. The van der Waals surface area contributed by atoms with Gasteiger partial charge in [0, 0.05) is 35.0 Å². The summed E-state index contributed by atoms with van der Waals surface area (Å²) < 4.78 is 22.7. The van der Waals surface area contributed by atoms with Crippen molar-refractivity contribution >= 4 is 22.0 Å². The SMILES string of the molecule is COc1cc(-c2cc3nccc(-c4ccnc5ccccc45)c3o2)cc(OC)c1OC. The van der Waals surface area contributed by atoms with Gasteiger partial charge in [0.15, 0.2) is 17.1 Å². The van der Waals surface area contributed by atoms with Crippen LogP contribution in [-0.2, 0) is 0 Å². The largest absolute Gasteiger partial charge is 0.493 e. The van der Waals surface area contributed by atoms with E-state index < -0.39 is 0 Å². The molecular formula is C25H20N2O4. The number of rotatable bonds is 5. The average molecular weight is 412 g/mol. The number of para-hydroxylation sites is 1. The Bertz CT molecular complexity index is 1380. The first-order valence-electron chi connectivity index (χ1n) is 9.76. The molecule has 0 saturated carbocycles. The van der Waals surface area contributed by atoms with Crippen LogP contribution in [0, 0.1) is 0 Å². The van der Waals surface area contributed by atoms with Gasteiger partial charge in [0.2, 0.25) is 5.75 Å². The van der Waals surface area contributed by atoms with E-state index in [0.29, 0.717) is 28.6 Å². The molecule has 6 nitrogen and oxygen atoms in total. The van der Waals surface area contributed by atoms with Crippen LogP contribution in [0.1, 0.15) is 0 Å². The van der Waals surface area contributed by atoms with E-state index in [1.807, 2.05) is 54.7 Å². The van der Waals surface area contributed by atoms with Gasteiger partial charge in [-0.25, -0.2) is 0 Å². The summed E-state index contributed by atoms with van der Waals surface area (Å²) in [5.41, 5.74) is 5.22. The third-order valence-corrected chi connectivity index (χ3v) is 5.30. The van der Waals surface area contributed by atoms with Crippen molar-refractivity contribution in [1.29, 1.82) is 0 Å². The molecule has 6 heteroatoms. The maximum Gasteiger partial charge on any atom is 0.203 e. The van der Waals surface area contributed by atoms with E-state index in [2.05, 4.69) is 16.0 Å². The molecule has 0 unspecified atom stereocenters. The molecule has 0 bridgehead atoms. The van der Waals surface area contributed by atoms with E-state index in [4.69, 9.17) is 18.6 Å². The molecule has 0 N–H and O–H groups in total. The Morgan fingerprint density at radius 2 is 1.39 bits per heavy atom. The molecule has 0 aliphatic rings. The van der Waals surface area contributed by atoms with Crippen LogP contribution in [0.5, 0.6) is 17.2 Å². The fourth-order valence-electron chi connectivity index (χ4n) is 3.85. The molecule has 0 fully saturated rings. The molecule has 3 heterocycles. The van der Waals surface area contributed by atoms with Crippen molar-refractivity contribution in [3.8, 4) is 39.7 Å². The molecular weight excluding hydrogens is 392 g/mol. The zero-order valence-electron chi connectivity index (χ0n) is 17.4. The molecule has 154 valence electrons. The lowest BCUT2D eigenvalue weighted by Gasteiger charge is -2.13. The minimum atomic E-state index is 0.534. The lowest BCUT2D eigenvalue weighted by atomic mass is 10.0. The van der Waals surface area contributed by atoms with Crippen LogP contribution >= 0.6 is 0 Å². The highest BCUT2D eigenvalue weighted by Gasteiger charge is 2.18. The van der Waals surface area contributed by atoms with Crippen LogP contribution in [0.25, 0.3) is 44.5 Å². The third-order valence-electron chi connectivity index (χ3n) is 5.30. The number of fused-ring (bicyclic) bond motifs is 2. The molecule has 0 atom stereocenters. The maximum absolute atomic E-state index is 6.33. The Morgan fingerprint density at radius 3 is 2.10 bits per heavy atom. The van der Waals surface area contributed by atoms with E-state index >= 15 is 0 Å². The second-order valence-corrected chi connectivity index (χ2v) is 6.97. The van der Waals surface area contributed by atoms with Crippen molar-refractivity contribution in [1.82, 2.24) is 9.97 Å². The molecule has 31 heavy (non-hydrogen) atoms. The number of furan rings is 1. The molecule has 5 rings (SSSR count). The number of aromatic nitrogens is 2. The topological polar surface area (TPSA) is 66.6 Å². The minimum Gasteiger partial charge on any atom is -0.493 e. The normalized spacial score (nSPS) is 11.1. The first kappa shape index (κ1) is 18.9. The molecule has 0 radical (unpaired) electrons. The summed E-state index contributed by atoms with van der Waals surface area (Å²) in [6.07, 6.45) is 3.61. The summed E-state index contributed by atoms with van der Waals surface area (Å²) in [6.45, 7) is 0. The Labute approximate surface area is 179 Å². The van der Waals surface area contributed by atoms with Crippen LogP contribution < -0.4 is 14.2 Å². The van der Waals surface area contributed by atoms with Crippen molar-refractivity contribution < 1.29 is 18.6 Å². The van der Waals surface area contributed by atoms with E-state index in [1.165, 1.54) is 0 Å². The molecule has 0 saturated heterocycles. The Morgan fingerprint density at radius 1 is 0.710 bits per heavy atom. The Kier molecular flexibility index (Phi) is 4.67. The lowest BCUT2D eigenvalue weighted by molar-refractivity contribution is 0.324. The van der Waals surface area contributed by atoms with Gasteiger partial charge in [0.05, 0.1) is 26.8 Å². The highest BCUT2D eigenvalue weighted by molar-refractivity contribution is 6.02. The van der Waals surface area contributed by atoms with Crippen molar-refractivity contribution in [2.24, 2.45) is 0 Å². The predicted molar refractivity (Wildman–Crippen MR) is 120 cm³/mol. The van der Waals surface area contributed by atoms with Gasteiger partial charge in [-0.05, 0) is 35.9 Å². The minimum absolute atomic E-state index is 0.534. The van der Waals surface area contributed by atoms with Crippen LogP contribution in [0.2, 0.25) is 0 Å². The zero-order valence-corrected chi connectivity index (χ0v) is 17.4. The van der Waals surface area contributed by atoms with Crippen LogP contribution in [0.3, 0.4) is 0 Å². The van der Waals surface area contributed by atoms with Crippen LogP contribution in [0.4, 0.5) is 0 Å². The number of benzene rings is 2. The molecule has 0 aliphatic carbocycles. The van der Waals surface area contributed by atoms with Crippen LogP contribution in [-0.4, -0.2) is 31.3 Å². The van der Waals surface area contributed by atoms with Gasteiger partial charge in [-0.3, -0.25) is 9.97 Å². The van der Waals surface area contributed by atoms with Crippen molar-refractivity contribution in [3.63, 3.8) is 0 Å². The van der Waals surface area contributed by atoms with Crippen molar-refractivity contribution in [2.75, 3.05) is 21.3 Å². The second kappa shape index (κ2) is 7.65. The smallest absolute Gasteiger partial charge is 0.203 e. The van der Waals surface area contributed by atoms with Gasteiger partial charge in [-0.1, -0.05) is 18.2 Å². The van der Waals surface area contributed by atoms with Crippen molar-refractivity contribution in [2.45, 2.75) is 0 Å². The lowest BCUT2D eigenvalue weighted by Crippen LogP contribution is -1.95. The monoisotopic (exact) mass is 412 g/mol. The van der Waals surface area contributed by atoms with Gasteiger partial charge in [-0.15, -0.1) is 0 Å². The average Bonchev–Trinajstić information content (AvgIpc) is 3.27. The number of ether oxygens (including phenoxy) is 3. The quantitative estimate of drug-likeness (QED) is 0.367. The van der Waals surface area contributed by atoms with Gasteiger partial charge < -0.3 is 18.6 Å². The number of nitrogens with zero attached hydrogens (tertiary/aromatic N) is 2. The van der Waals surface area contributed by atoms with Crippen molar-refractivity contribution in [3.05, 3.63) is 67.0 Å². The summed E-state index contributed by atoms with van der Waals surface area (Å²) in [5, 5.41) is 1.06. The summed E-state index contributed by atoms with van der Waals surface area (Å²) in [4.78, 5) is 8.98.